The molecule has 9 heteroatoms. The number of hydrogen-bond acceptors (Lipinski definition) is 6. The quantitative estimate of drug-likeness (QED) is 0.445. The summed E-state index contributed by atoms with van der Waals surface area (Å²) in [5.74, 6) is 0.0918. The molecule has 1 fully saturated rings. The Kier molecular flexibility index (Phi) is 7.72. The fraction of sp³-hybridized carbons (Fsp3) is 0.550. The molecule has 0 aliphatic carbocycles. The summed E-state index contributed by atoms with van der Waals surface area (Å²) in [5, 5.41) is 0.779. The van der Waals surface area contributed by atoms with Gasteiger partial charge in [-0.25, -0.2) is 4.98 Å². The number of fused-ring (bicyclic) bond motifs is 1. The average Bonchev–Trinajstić information content (AvgIpc) is 2.73. The van der Waals surface area contributed by atoms with Crippen molar-refractivity contribution in [3.8, 4) is 0 Å². The number of methoxy groups -OCH3 is 1. The zero-order valence-electron chi connectivity index (χ0n) is 17.1. The Morgan fingerprint density at radius 2 is 2.03 bits per heavy atom. The maximum absolute atomic E-state index is 13.1. The van der Waals surface area contributed by atoms with Crippen LogP contribution in [0.25, 0.3) is 10.9 Å². The lowest BCUT2D eigenvalue weighted by Gasteiger charge is -2.35. The second-order valence-corrected chi connectivity index (χ2v) is 9.25. The van der Waals surface area contributed by atoms with Crippen LogP contribution in [0.5, 0.6) is 0 Å². The molecule has 158 valence electrons. The van der Waals surface area contributed by atoms with Crippen LogP contribution >= 0.6 is 27.7 Å². The lowest BCUT2D eigenvalue weighted by atomic mass is 10.2. The molecule has 0 bridgehead atoms. The van der Waals surface area contributed by atoms with Gasteiger partial charge >= 0.3 is 0 Å². The number of hydrogen-bond donors (Lipinski definition) is 0. The highest BCUT2D eigenvalue weighted by atomic mass is 79.9. The lowest BCUT2D eigenvalue weighted by Crippen LogP contribution is -2.50. The number of thioether (sulfide) groups is 1. The first-order valence-electron chi connectivity index (χ1n) is 9.81. The van der Waals surface area contributed by atoms with Crippen molar-refractivity contribution in [2.24, 2.45) is 0 Å². The van der Waals surface area contributed by atoms with Gasteiger partial charge in [-0.3, -0.25) is 14.2 Å². The summed E-state index contributed by atoms with van der Waals surface area (Å²) in [7, 11) is 1.60. The minimum absolute atomic E-state index is 0.0918. The van der Waals surface area contributed by atoms with Crippen molar-refractivity contribution in [3.05, 3.63) is 33.0 Å². The topological polar surface area (TPSA) is 67.7 Å². The molecule has 3 rings (SSSR count). The summed E-state index contributed by atoms with van der Waals surface area (Å²) in [6.45, 7) is 9.12. The largest absolute Gasteiger partial charge is 0.383 e. The number of ether oxygens (including phenoxy) is 1. The van der Waals surface area contributed by atoms with Gasteiger partial charge in [0, 0.05) is 37.8 Å². The first-order valence-corrected chi connectivity index (χ1v) is 11.5. The summed E-state index contributed by atoms with van der Waals surface area (Å²) >= 11 is 4.76. The van der Waals surface area contributed by atoms with E-state index in [0.29, 0.717) is 29.2 Å². The van der Waals surface area contributed by atoms with Crippen LogP contribution in [0.3, 0.4) is 0 Å². The molecular formula is C20H27BrN4O3S. The number of rotatable bonds is 7. The zero-order chi connectivity index (χ0) is 21.0. The van der Waals surface area contributed by atoms with E-state index in [2.05, 4.69) is 27.8 Å². The van der Waals surface area contributed by atoms with E-state index in [1.807, 2.05) is 24.0 Å². The van der Waals surface area contributed by atoms with Crippen molar-refractivity contribution in [1.29, 1.82) is 0 Å². The molecule has 0 spiro atoms. The monoisotopic (exact) mass is 482 g/mol. The van der Waals surface area contributed by atoms with Crippen molar-refractivity contribution < 1.29 is 9.53 Å². The predicted octanol–water partition coefficient (Wildman–Crippen LogP) is 2.45. The second-order valence-electron chi connectivity index (χ2n) is 7.03. The molecule has 1 aliphatic rings. The fourth-order valence-corrected chi connectivity index (χ4v) is 4.77. The van der Waals surface area contributed by atoms with Gasteiger partial charge in [0.25, 0.3) is 5.56 Å². The van der Waals surface area contributed by atoms with Gasteiger partial charge in [-0.15, -0.1) is 0 Å². The molecule has 1 amide bonds. The first kappa shape index (κ1) is 22.3. The Morgan fingerprint density at radius 1 is 1.31 bits per heavy atom. The third-order valence-electron chi connectivity index (χ3n) is 5.16. The molecule has 1 saturated heterocycles. The Bertz CT molecular complexity index is 928. The molecule has 1 atom stereocenters. The number of nitrogens with zero attached hydrogens (tertiary/aromatic N) is 4. The van der Waals surface area contributed by atoms with E-state index < -0.39 is 0 Å². The standard InChI is InChI=1S/C20H27BrN4O3S/c1-4-23-7-9-24(10-8-23)18(26)14(2)29-20-22-17-6-5-15(21)13-16(17)19(27)25(20)11-12-28-3/h5-6,13-14H,4,7-12H2,1-3H3. The normalized spacial score (nSPS) is 16.3. The third kappa shape index (κ3) is 5.20. The molecule has 1 aromatic heterocycles. The van der Waals surface area contributed by atoms with E-state index in [9.17, 15) is 9.59 Å². The van der Waals surface area contributed by atoms with E-state index >= 15 is 0 Å². The molecular weight excluding hydrogens is 456 g/mol. The molecule has 2 heterocycles. The second kappa shape index (κ2) is 10.1. The van der Waals surface area contributed by atoms with Gasteiger partial charge in [0.05, 0.1) is 29.3 Å². The van der Waals surface area contributed by atoms with Crippen molar-refractivity contribution in [1.82, 2.24) is 19.4 Å². The molecule has 1 unspecified atom stereocenters. The van der Waals surface area contributed by atoms with Crippen LogP contribution in [-0.4, -0.2) is 76.9 Å². The van der Waals surface area contributed by atoms with Crippen molar-refractivity contribution in [2.45, 2.75) is 30.8 Å². The Hall–Kier alpha value is -1.42. The highest BCUT2D eigenvalue weighted by Crippen LogP contribution is 2.25. The minimum atomic E-state index is -0.322. The van der Waals surface area contributed by atoms with Crippen LogP contribution in [0, 0.1) is 0 Å². The third-order valence-corrected chi connectivity index (χ3v) is 6.73. The molecule has 0 radical (unpaired) electrons. The predicted molar refractivity (Wildman–Crippen MR) is 120 cm³/mol. The molecule has 0 N–H and O–H groups in total. The van der Waals surface area contributed by atoms with Gasteiger partial charge in [-0.2, -0.15) is 0 Å². The molecule has 0 saturated carbocycles. The number of amides is 1. The van der Waals surface area contributed by atoms with Gasteiger partial charge < -0.3 is 14.5 Å². The van der Waals surface area contributed by atoms with E-state index in [0.717, 1.165) is 37.2 Å². The highest BCUT2D eigenvalue weighted by Gasteiger charge is 2.26. The highest BCUT2D eigenvalue weighted by molar-refractivity contribution is 9.10. The molecule has 7 nitrogen and oxygen atoms in total. The van der Waals surface area contributed by atoms with Crippen LogP contribution in [0.1, 0.15) is 13.8 Å². The van der Waals surface area contributed by atoms with Crippen molar-refractivity contribution in [3.63, 3.8) is 0 Å². The van der Waals surface area contributed by atoms with Gasteiger partial charge in [0.1, 0.15) is 0 Å². The summed E-state index contributed by atoms with van der Waals surface area (Å²) in [4.78, 5) is 35.0. The number of likely N-dealkylation sites (N-methyl/N-ethyl adjacent to an activating group) is 1. The SMILES string of the molecule is CCN1CCN(C(=O)C(C)Sc2nc3ccc(Br)cc3c(=O)n2CCOC)CC1. The number of benzene rings is 1. The number of halogens is 1. The first-order chi connectivity index (χ1) is 13.9. The average molecular weight is 483 g/mol. The summed E-state index contributed by atoms with van der Waals surface area (Å²) in [6, 6.07) is 5.47. The fourth-order valence-electron chi connectivity index (χ4n) is 3.39. The Morgan fingerprint density at radius 3 is 2.69 bits per heavy atom. The number of piperazine rings is 1. The molecule has 2 aromatic rings. The van der Waals surface area contributed by atoms with E-state index in [-0.39, 0.29) is 16.7 Å². The van der Waals surface area contributed by atoms with Crippen LogP contribution in [0.4, 0.5) is 0 Å². The van der Waals surface area contributed by atoms with Crippen LogP contribution in [-0.2, 0) is 16.1 Å². The summed E-state index contributed by atoms with van der Waals surface area (Å²) in [6.07, 6.45) is 0. The van der Waals surface area contributed by atoms with Gasteiger partial charge in [-0.05, 0) is 31.7 Å². The minimum Gasteiger partial charge on any atom is -0.383 e. The van der Waals surface area contributed by atoms with E-state index in [1.54, 1.807) is 17.7 Å². The number of aromatic nitrogens is 2. The summed E-state index contributed by atoms with van der Waals surface area (Å²) < 4.78 is 7.62. The van der Waals surface area contributed by atoms with Crippen LogP contribution < -0.4 is 5.56 Å². The Balaban J connectivity index is 1.85. The van der Waals surface area contributed by atoms with Crippen LogP contribution in [0.15, 0.2) is 32.6 Å². The molecule has 29 heavy (non-hydrogen) atoms. The number of carbonyl (C=O) groups excluding carboxylic acids is 1. The van der Waals surface area contributed by atoms with Gasteiger partial charge in [0.15, 0.2) is 5.16 Å². The lowest BCUT2D eigenvalue weighted by molar-refractivity contribution is -0.132. The van der Waals surface area contributed by atoms with Crippen molar-refractivity contribution >= 4 is 44.5 Å². The maximum atomic E-state index is 13.1. The van der Waals surface area contributed by atoms with Gasteiger partial charge in [0.2, 0.25) is 5.91 Å². The van der Waals surface area contributed by atoms with Gasteiger partial charge in [-0.1, -0.05) is 34.6 Å². The maximum Gasteiger partial charge on any atom is 0.262 e. The van der Waals surface area contributed by atoms with Crippen molar-refractivity contribution in [2.75, 3.05) is 46.4 Å². The van der Waals surface area contributed by atoms with E-state index in [4.69, 9.17) is 9.72 Å². The smallest absolute Gasteiger partial charge is 0.262 e. The van der Waals surface area contributed by atoms with E-state index in [1.165, 1.54) is 11.8 Å². The zero-order valence-corrected chi connectivity index (χ0v) is 19.5. The molecule has 1 aromatic carbocycles. The van der Waals surface area contributed by atoms with Crippen LogP contribution in [0.2, 0.25) is 0 Å². The molecule has 1 aliphatic heterocycles. The Labute approximate surface area is 183 Å². The summed E-state index contributed by atoms with van der Waals surface area (Å²) in [5.41, 5.74) is 0.512. The number of carbonyl (C=O) groups is 1.